The van der Waals surface area contributed by atoms with E-state index in [1.807, 2.05) is 36.4 Å². The van der Waals surface area contributed by atoms with Crippen LogP contribution in [0.3, 0.4) is 0 Å². The van der Waals surface area contributed by atoms with Gasteiger partial charge in [-0.1, -0.05) is 42.1 Å². The molecule has 1 atom stereocenters. The summed E-state index contributed by atoms with van der Waals surface area (Å²) in [5.41, 5.74) is 0. The minimum absolute atomic E-state index is 0.233. The van der Waals surface area contributed by atoms with Crippen LogP contribution in [0.15, 0.2) is 47.6 Å². The number of thioether (sulfide) groups is 1. The smallest absolute Gasteiger partial charge is 0.209 e. The summed E-state index contributed by atoms with van der Waals surface area (Å²) in [6.45, 7) is 0.233. The zero-order valence-electron chi connectivity index (χ0n) is 12.1. The van der Waals surface area contributed by atoms with Crippen LogP contribution in [0.5, 0.6) is 5.75 Å². The van der Waals surface area contributed by atoms with E-state index in [4.69, 9.17) is 4.74 Å². The summed E-state index contributed by atoms with van der Waals surface area (Å²) in [6, 6.07) is 14.0. The molecule has 1 N–H and O–H groups in total. The van der Waals surface area contributed by atoms with Crippen molar-refractivity contribution in [2.45, 2.75) is 11.3 Å². The Hall–Kier alpha value is -2.12. The number of nitrogens with zero attached hydrogens (tertiary/aromatic N) is 4. The third-order valence-electron chi connectivity index (χ3n) is 3.15. The number of aryl methyl sites for hydroxylation is 1. The molecule has 3 rings (SSSR count). The third kappa shape index (κ3) is 3.55. The van der Waals surface area contributed by atoms with E-state index >= 15 is 0 Å². The Morgan fingerprint density at radius 2 is 2.05 bits per heavy atom. The second kappa shape index (κ2) is 6.76. The highest BCUT2D eigenvalue weighted by atomic mass is 32.2. The van der Waals surface area contributed by atoms with E-state index in [2.05, 4.69) is 21.6 Å². The fraction of sp³-hybridized carbons (Fsp3) is 0.267. The number of tetrazole rings is 1. The summed E-state index contributed by atoms with van der Waals surface area (Å²) in [4.78, 5) is 0. The molecule has 0 spiro atoms. The van der Waals surface area contributed by atoms with E-state index < -0.39 is 6.10 Å². The van der Waals surface area contributed by atoms with E-state index in [1.165, 1.54) is 17.1 Å². The number of benzene rings is 2. The fourth-order valence-electron chi connectivity index (χ4n) is 2.01. The number of aliphatic hydroxyl groups is 1. The molecule has 2 aromatic carbocycles. The van der Waals surface area contributed by atoms with Crippen molar-refractivity contribution < 1.29 is 9.84 Å². The normalized spacial score (nSPS) is 12.5. The molecule has 0 bridgehead atoms. The van der Waals surface area contributed by atoms with Crippen molar-refractivity contribution >= 4 is 22.5 Å². The molecule has 0 aliphatic carbocycles. The number of hydrogen-bond acceptors (Lipinski definition) is 6. The summed E-state index contributed by atoms with van der Waals surface area (Å²) in [5, 5.41) is 24.1. The first-order valence-electron chi connectivity index (χ1n) is 6.87. The molecule has 1 aromatic heterocycles. The van der Waals surface area contributed by atoms with Gasteiger partial charge in [-0.2, -0.15) is 0 Å². The molecular weight excluding hydrogens is 300 g/mol. The Morgan fingerprint density at radius 1 is 1.23 bits per heavy atom. The Morgan fingerprint density at radius 3 is 2.82 bits per heavy atom. The topological polar surface area (TPSA) is 73.1 Å². The van der Waals surface area contributed by atoms with Crippen LogP contribution in [0.4, 0.5) is 0 Å². The molecule has 0 amide bonds. The van der Waals surface area contributed by atoms with Crippen molar-refractivity contribution in [3.05, 3.63) is 42.5 Å². The molecule has 114 valence electrons. The van der Waals surface area contributed by atoms with Crippen molar-refractivity contribution in [2.75, 3.05) is 12.4 Å². The first-order valence-corrected chi connectivity index (χ1v) is 7.86. The molecule has 0 aliphatic heterocycles. The van der Waals surface area contributed by atoms with Crippen LogP contribution in [0.2, 0.25) is 0 Å². The van der Waals surface area contributed by atoms with E-state index in [9.17, 15) is 5.11 Å². The van der Waals surface area contributed by atoms with Gasteiger partial charge in [0.2, 0.25) is 5.16 Å². The Balaban J connectivity index is 1.53. The van der Waals surface area contributed by atoms with E-state index in [0.29, 0.717) is 10.9 Å². The van der Waals surface area contributed by atoms with Gasteiger partial charge in [-0.15, -0.1) is 5.10 Å². The average Bonchev–Trinajstić information content (AvgIpc) is 2.96. The molecular formula is C15H16N4O2S. The first kappa shape index (κ1) is 14.8. The van der Waals surface area contributed by atoms with Gasteiger partial charge >= 0.3 is 0 Å². The van der Waals surface area contributed by atoms with Gasteiger partial charge in [0.05, 0.1) is 6.10 Å². The van der Waals surface area contributed by atoms with Crippen molar-refractivity contribution in [1.29, 1.82) is 0 Å². The monoisotopic (exact) mass is 316 g/mol. The maximum atomic E-state index is 9.99. The largest absolute Gasteiger partial charge is 0.491 e. The molecule has 0 saturated heterocycles. The van der Waals surface area contributed by atoms with Crippen LogP contribution < -0.4 is 4.74 Å². The maximum absolute atomic E-state index is 9.99. The van der Waals surface area contributed by atoms with Crippen molar-refractivity contribution in [3.63, 3.8) is 0 Å². The lowest BCUT2D eigenvalue weighted by molar-refractivity contribution is 0.126. The summed E-state index contributed by atoms with van der Waals surface area (Å²) in [6.07, 6.45) is -0.590. The van der Waals surface area contributed by atoms with Crippen LogP contribution in [0.25, 0.3) is 10.8 Å². The van der Waals surface area contributed by atoms with Crippen LogP contribution in [0.1, 0.15) is 0 Å². The average molecular weight is 316 g/mol. The van der Waals surface area contributed by atoms with Crippen molar-refractivity contribution in [3.8, 4) is 5.75 Å². The predicted molar refractivity (Wildman–Crippen MR) is 85.0 cm³/mol. The second-order valence-corrected chi connectivity index (χ2v) is 5.86. The van der Waals surface area contributed by atoms with E-state index in [0.717, 1.165) is 11.1 Å². The lowest BCUT2D eigenvalue weighted by atomic mass is 10.1. The zero-order chi connectivity index (χ0) is 15.4. The number of hydrogen-bond donors (Lipinski definition) is 1. The lowest BCUT2D eigenvalue weighted by Crippen LogP contribution is -2.20. The molecule has 1 heterocycles. The van der Waals surface area contributed by atoms with Gasteiger partial charge in [0.1, 0.15) is 12.4 Å². The molecule has 6 nitrogen and oxygen atoms in total. The van der Waals surface area contributed by atoms with Crippen LogP contribution in [-0.2, 0) is 7.05 Å². The van der Waals surface area contributed by atoms with Crippen molar-refractivity contribution in [1.82, 2.24) is 20.2 Å². The summed E-state index contributed by atoms with van der Waals surface area (Å²) in [5.74, 6) is 1.23. The molecule has 0 fully saturated rings. The number of fused-ring (bicyclic) bond motifs is 1. The maximum Gasteiger partial charge on any atom is 0.209 e. The number of ether oxygens (including phenoxy) is 1. The predicted octanol–water partition coefficient (Wildman–Crippen LogP) is 1.90. The van der Waals surface area contributed by atoms with Crippen LogP contribution >= 0.6 is 11.8 Å². The molecule has 7 heteroatoms. The number of aliphatic hydroxyl groups excluding tert-OH is 1. The fourth-order valence-corrected chi connectivity index (χ4v) is 2.77. The molecule has 0 unspecified atom stereocenters. The van der Waals surface area contributed by atoms with Gasteiger partial charge in [-0.3, -0.25) is 0 Å². The van der Waals surface area contributed by atoms with Crippen LogP contribution in [0, 0.1) is 0 Å². The minimum Gasteiger partial charge on any atom is -0.491 e. The highest BCUT2D eigenvalue weighted by Gasteiger charge is 2.10. The summed E-state index contributed by atoms with van der Waals surface area (Å²) >= 11 is 1.40. The molecule has 0 radical (unpaired) electrons. The first-order chi connectivity index (χ1) is 10.7. The highest BCUT2D eigenvalue weighted by Crippen LogP contribution is 2.21. The zero-order valence-corrected chi connectivity index (χ0v) is 12.9. The molecule has 0 saturated carbocycles. The van der Waals surface area contributed by atoms with Gasteiger partial charge in [0.25, 0.3) is 0 Å². The van der Waals surface area contributed by atoms with Gasteiger partial charge < -0.3 is 9.84 Å². The second-order valence-electron chi connectivity index (χ2n) is 4.87. The van der Waals surface area contributed by atoms with Gasteiger partial charge in [-0.05, 0) is 33.3 Å². The Bertz CT molecular complexity index is 762. The van der Waals surface area contributed by atoms with Gasteiger partial charge in [-0.25, -0.2) is 4.68 Å². The number of rotatable bonds is 6. The Labute approximate surface area is 132 Å². The summed E-state index contributed by atoms with van der Waals surface area (Å²) < 4.78 is 7.23. The minimum atomic E-state index is -0.590. The van der Waals surface area contributed by atoms with Crippen LogP contribution in [-0.4, -0.2) is 43.8 Å². The molecule has 0 aliphatic rings. The van der Waals surface area contributed by atoms with Crippen molar-refractivity contribution in [2.24, 2.45) is 7.05 Å². The van der Waals surface area contributed by atoms with Gasteiger partial charge in [0.15, 0.2) is 0 Å². The summed E-state index contributed by atoms with van der Waals surface area (Å²) in [7, 11) is 1.76. The molecule has 3 aromatic rings. The number of aromatic nitrogens is 4. The quantitative estimate of drug-likeness (QED) is 0.700. The van der Waals surface area contributed by atoms with Gasteiger partial charge in [0, 0.05) is 12.8 Å². The third-order valence-corrected chi connectivity index (χ3v) is 4.30. The lowest BCUT2D eigenvalue weighted by Gasteiger charge is -2.12. The molecule has 22 heavy (non-hydrogen) atoms. The highest BCUT2D eigenvalue weighted by molar-refractivity contribution is 7.99. The Kier molecular flexibility index (Phi) is 4.55. The SMILES string of the molecule is Cn1nnnc1SC[C@@H](O)COc1ccc2ccccc2c1. The van der Waals surface area contributed by atoms with E-state index in [1.54, 1.807) is 11.7 Å². The standard InChI is InChI=1S/C15H16N4O2S/c1-19-15(16-17-18-19)22-10-13(20)9-21-14-7-6-11-4-2-3-5-12(11)8-14/h2-8,13,20H,9-10H2,1H3/t13-/m0/s1. The van der Waals surface area contributed by atoms with E-state index in [-0.39, 0.29) is 6.61 Å².